The molecule has 2 unspecified atom stereocenters. The molecule has 0 aromatic heterocycles. The van der Waals surface area contributed by atoms with Crippen LogP contribution in [0.2, 0.25) is 5.02 Å². The fourth-order valence-corrected chi connectivity index (χ4v) is 2.93. The summed E-state index contributed by atoms with van der Waals surface area (Å²) < 4.78 is 0. The van der Waals surface area contributed by atoms with E-state index in [4.69, 9.17) is 11.6 Å². The molecule has 17 heavy (non-hydrogen) atoms. The van der Waals surface area contributed by atoms with E-state index < -0.39 is 0 Å². The zero-order chi connectivity index (χ0) is 12.1. The van der Waals surface area contributed by atoms with E-state index in [-0.39, 0.29) is 0 Å². The van der Waals surface area contributed by atoms with Gasteiger partial charge >= 0.3 is 0 Å². The number of rotatable bonds is 4. The number of halogens is 1. The molecule has 2 rings (SSSR count). The van der Waals surface area contributed by atoms with E-state index >= 15 is 0 Å². The van der Waals surface area contributed by atoms with Gasteiger partial charge in [0.05, 0.1) is 0 Å². The molecule has 94 valence electrons. The zero-order valence-corrected chi connectivity index (χ0v) is 11.3. The van der Waals surface area contributed by atoms with Gasteiger partial charge in [0.1, 0.15) is 0 Å². The van der Waals surface area contributed by atoms with Crippen LogP contribution in [0.25, 0.3) is 0 Å². The maximum atomic E-state index is 6.00. The van der Waals surface area contributed by atoms with Crippen molar-refractivity contribution in [2.75, 3.05) is 6.54 Å². The molecule has 1 fully saturated rings. The Bertz CT molecular complexity index is 351. The number of aryl methyl sites for hydroxylation is 1. The fraction of sp³-hybridized carbons (Fsp3) is 0.600. The maximum Gasteiger partial charge on any atom is 0.0408 e. The van der Waals surface area contributed by atoms with Gasteiger partial charge in [-0.15, -0.1) is 0 Å². The van der Waals surface area contributed by atoms with Crippen molar-refractivity contribution in [2.24, 2.45) is 5.92 Å². The Balaban J connectivity index is 1.81. The van der Waals surface area contributed by atoms with Crippen LogP contribution < -0.4 is 5.32 Å². The smallest absolute Gasteiger partial charge is 0.0408 e. The van der Waals surface area contributed by atoms with Gasteiger partial charge in [-0.05, 0) is 55.8 Å². The lowest BCUT2D eigenvalue weighted by atomic mass is 9.88. The molecular formula is C15H22ClN. The van der Waals surface area contributed by atoms with Crippen LogP contribution in [0.15, 0.2) is 24.3 Å². The Labute approximate surface area is 110 Å². The van der Waals surface area contributed by atoms with Crippen LogP contribution in [-0.2, 0) is 6.42 Å². The van der Waals surface area contributed by atoms with Crippen molar-refractivity contribution in [1.29, 1.82) is 0 Å². The molecule has 1 aliphatic rings. The summed E-state index contributed by atoms with van der Waals surface area (Å²) in [4.78, 5) is 0. The van der Waals surface area contributed by atoms with Gasteiger partial charge < -0.3 is 5.32 Å². The average molecular weight is 252 g/mol. The summed E-state index contributed by atoms with van der Waals surface area (Å²) in [5.74, 6) is 0.931. The molecule has 0 aliphatic carbocycles. The van der Waals surface area contributed by atoms with Gasteiger partial charge in [-0.1, -0.05) is 37.1 Å². The lowest BCUT2D eigenvalue weighted by molar-refractivity contribution is 0.285. The molecule has 1 nitrogen and oxygen atoms in total. The highest BCUT2D eigenvalue weighted by Crippen LogP contribution is 2.22. The first-order valence-electron chi connectivity index (χ1n) is 6.75. The highest BCUT2D eigenvalue weighted by atomic mass is 35.5. The predicted octanol–water partition coefficient (Wildman–Crippen LogP) is 4.05. The zero-order valence-electron chi connectivity index (χ0n) is 10.6. The average Bonchev–Trinajstić information content (AvgIpc) is 2.37. The Morgan fingerprint density at radius 1 is 1.41 bits per heavy atom. The maximum absolute atomic E-state index is 6.00. The van der Waals surface area contributed by atoms with Gasteiger partial charge in [-0.2, -0.15) is 0 Å². The topological polar surface area (TPSA) is 12.0 Å². The van der Waals surface area contributed by atoms with Crippen molar-refractivity contribution < 1.29 is 0 Å². The molecule has 2 atom stereocenters. The third-order valence-electron chi connectivity index (χ3n) is 3.85. The summed E-state index contributed by atoms with van der Waals surface area (Å²) >= 11 is 6.00. The molecule has 1 aromatic carbocycles. The molecule has 1 saturated heterocycles. The summed E-state index contributed by atoms with van der Waals surface area (Å²) in [5.41, 5.74) is 1.36. The van der Waals surface area contributed by atoms with Crippen LogP contribution in [-0.4, -0.2) is 12.6 Å². The summed E-state index contributed by atoms with van der Waals surface area (Å²) in [6.07, 6.45) is 6.39. The Kier molecular flexibility index (Phi) is 4.87. The van der Waals surface area contributed by atoms with E-state index in [1.165, 1.54) is 37.8 Å². The Morgan fingerprint density at radius 2 is 2.29 bits per heavy atom. The van der Waals surface area contributed by atoms with E-state index in [9.17, 15) is 0 Å². The first-order valence-corrected chi connectivity index (χ1v) is 7.13. The first kappa shape index (κ1) is 12.9. The Hall–Kier alpha value is -0.530. The minimum Gasteiger partial charge on any atom is -0.314 e. The first-order chi connectivity index (χ1) is 8.28. The van der Waals surface area contributed by atoms with Gasteiger partial charge in [0, 0.05) is 11.1 Å². The van der Waals surface area contributed by atoms with Crippen LogP contribution in [0.5, 0.6) is 0 Å². The van der Waals surface area contributed by atoms with Crippen molar-refractivity contribution in [3.8, 4) is 0 Å². The minimum absolute atomic E-state index is 0.702. The van der Waals surface area contributed by atoms with Crippen LogP contribution in [0, 0.1) is 5.92 Å². The van der Waals surface area contributed by atoms with Crippen molar-refractivity contribution in [3.05, 3.63) is 34.9 Å². The second-order valence-electron chi connectivity index (χ2n) is 5.12. The molecule has 0 saturated carbocycles. The fourth-order valence-electron chi connectivity index (χ4n) is 2.72. The van der Waals surface area contributed by atoms with Crippen LogP contribution >= 0.6 is 11.6 Å². The van der Waals surface area contributed by atoms with Crippen molar-refractivity contribution in [1.82, 2.24) is 5.32 Å². The van der Waals surface area contributed by atoms with Crippen LogP contribution in [0.3, 0.4) is 0 Å². The monoisotopic (exact) mass is 251 g/mol. The van der Waals surface area contributed by atoms with E-state index in [1.807, 2.05) is 12.1 Å². The van der Waals surface area contributed by atoms with E-state index in [0.29, 0.717) is 6.04 Å². The summed E-state index contributed by atoms with van der Waals surface area (Å²) in [6.45, 7) is 3.50. The van der Waals surface area contributed by atoms with Gasteiger partial charge in [0.25, 0.3) is 0 Å². The highest BCUT2D eigenvalue weighted by molar-refractivity contribution is 6.30. The SMILES string of the molecule is CCC1CCNC(CCc2cccc(Cl)c2)C1. The molecule has 1 aromatic rings. The third kappa shape index (κ3) is 4.01. The molecular weight excluding hydrogens is 230 g/mol. The predicted molar refractivity (Wildman–Crippen MR) is 74.6 cm³/mol. The summed E-state index contributed by atoms with van der Waals surface area (Å²) in [5, 5.41) is 4.49. The third-order valence-corrected chi connectivity index (χ3v) is 4.09. The number of benzene rings is 1. The molecule has 1 aliphatic heterocycles. The Morgan fingerprint density at radius 3 is 3.06 bits per heavy atom. The molecule has 0 bridgehead atoms. The van der Waals surface area contributed by atoms with Crippen molar-refractivity contribution >= 4 is 11.6 Å². The van der Waals surface area contributed by atoms with Gasteiger partial charge in [-0.25, -0.2) is 0 Å². The van der Waals surface area contributed by atoms with E-state index in [0.717, 1.165) is 17.4 Å². The second kappa shape index (κ2) is 6.42. The van der Waals surface area contributed by atoms with Crippen LogP contribution in [0.1, 0.15) is 38.2 Å². The molecule has 1 N–H and O–H groups in total. The normalized spacial score (nSPS) is 24.8. The van der Waals surface area contributed by atoms with Gasteiger partial charge in [0.2, 0.25) is 0 Å². The molecule has 1 heterocycles. The number of nitrogens with one attached hydrogen (secondary N) is 1. The van der Waals surface area contributed by atoms with E-state index in [1.54, 1.807) is 0 Å². The number of piperidine rings is 1. The molecule has 2 heteroatoms. The van der Waals surface area contributed by atoms with E-state index in [2.05, 4.69) is 24.4 Å². The number of hydrogen-bond acceptors (Lipinski definition) is 1. The quantitative estimate of drug-likeness (QED) is 0.851. The summed E-state index contributed by atoms with van der Waals surface area (Å²) in [7, 11) is 0. The highest BCUT2D eigenvalue weighted by Gasteiger charge is 2.19. The molecule has 0 spiro atoms. The summed E-state index contributed by atoms with van der Waals surface area (Å²) in [6, 6.07) is 8.94. The van der Waals surface area contributed by atoms with Crippen LogP contribution in [0.4, 0.5) is 0 Å². The van der Waals surface area contributed by atoms with Crippen molar-refractivity contribution in [3.63, 3.8) is 0 Å². The van der Waals surface area contributed by atoms with Gasteiger partial charge in [0.15, 0.2) is 0 Å². The largest absolute Gasteiger partial charge is 0.314 e. The molecule has 0 radical (unpaired) electrons. The second-order valence-corrected chi connectivity index (χ2v) is 5.55. The lowest BCUT2D eigenvalue weighted by Gasteiger charge is -2.29. The standard InChI is InChI=1S/C15H22ClN/c1-2-12-8-9-17-15(11-12)7-6-13-4-3-5-14(16)10-13/h3-5,10,12,15,17H,2,6-9,11H2,1H3. The molecule has 0 amide bonds. The van der Waals surface area contributed by atoms with Gasteiger partial charge in [-0.3, -0.25) is 0 Å². The minimum atomic E-state index is 0.702. The number of hydrogen-bond donors (Lipinski definition) is 1. The van der Waals surface area contributed by atoms with Crippen molar-refractivity contribution in [2.45, 2.75) is 45.1 Å². The lowest BCUT2D eigenvalue weighted by Crippen LogP contribution is -2.38.